The Kier molecular flexibility index (Phi) is 2.97. The van der Waals surface area contributed by atoms with E-state index in [4.69, 9.17) is 5.73 Å². The molecule has 1 fully saturated rings. The summed E-state index contributed by atoms with van der Waals surface area (Å²) in [4.78, 5) is 11.8. The number of carbonyl (C=O) groups is 1. The second kappa shape index (κ2) is 4.26. The van der Waals surface area contributed by atoms with Crippen LogP contribution < -0.4 is 11.1 Å². The van der Waals surface area contributed by atoms with Gasteiger partial charge < -0.3 is 11.1 Å². The van der Waals surface area contributed by atoms with Gasteiger partial charge in [-0.2, -0.15) is 0 Å². The summed E-state index contributed by atoms with van der Waals surface area (Å²) in [5.74, 6) is 0.175. The molecular weight excluding hydrogens is 200 g/mol. The predicted molar refractivity (Wildman–Crippen MR) is 64.0 cm³/mol. The SMILES string of the molecule is CCCNC(=O)C1(N)CC1c1ccccc1. The van der Waals surface area contributed by atoms with E-state index in [0.717, 1.165) is 18.4 Å². The molecule has 2 unspecified atom stereocenters. The lowest BCUT2D eigenvalue weighted by Gasteiger charge is -2.11. The maximum atomic E-state index is 11.8. The molecule has 0 aliphatic heterocycles. The zero-order chi connectivity index (χ0) is 11.6. The highest BCUT2D eigenvalue weighted by Crippen LogP contribution is 2.49. The molecule has 1 aliphatic carbocycles. The third-order valence-electron chi connectivity index (χ3n) is 3.16. The van der Waals surface area contributed by atoms with Crippen LogP contribution in [0, 0.1) is 0 Å². The van der Waals surface area contributed by atoms with E-state index in [1.165, 1.54) is 0 Å². The van der Waals surface area contributed by atoms with Crippen LogP contribution in [0.5, 0.6) is 0 Å². The predicted octanol–water partition coefficient (Wildman–Crippen LogP) is 1.40. The lowest BCUT2D eigenvalue weighted by atomic mass is 10.1. The van der Waals surface area contributed by atoms with Crippen molar-refractivity contribution in [2.24, 2.45) is 5.73 Å². The molecule has 1 aliphatic rings. The van der Waals surface area contributed by atoms with Crippen LogP contribution in [0.1, 0.15) is 31.2 Å². The fraction of sp³-hybridized carbons (Fsp3) is 0.462. The van der Waals surface area contributed by atoms with Gasteiger partial charge in [0.15, 0.2) is 0 Å². The highest BCUT2D eigenvalue weighted by molar-refractivity contribution is 5.91. The van der Waals surface area contributed by atoms with Crippen molar-refractivity contribution in [2.75, 3.05) is 6.54 Å². The minimum absolute atomic E-state index is 0.0109. The van der Waals surface area contributed by atoms with E-state index in [1.807, 2.05) is 37.3 Å². The number of benzene rings is 1. The molecule has 1 aromatic rings. The number of amides is 1. The van der Waals surface area contributed by atoms with Gasteiger partial charge >= 0.3 is 0 Å². The summed E-state index contributed by atoms with van der Waals surface area (Å²) < 4.78 is 0. The van der Waals surface area contributed by atoms with E-state index in [2.05, 4.69) is 5.32 Å². The first-order chi connectivity index (χ1) is 7.68. The molecule has 0 aromatic heterocycles. The van der Waals surface area contributed by atoms with Crippen LogP contribution in [-0.2, 0) is 4.79 Å². The summed E-state index contributed by atoms with van der Waals surface area (Å²) in [5, 5.41) is 2.87. The van der Waals surface area contributed by atoms with Gasteiger partial charge in [0.25, 0.3) is 0 Å². The quantitative estimate of drug-likeness (QED) is 0.802. The Balaban J connectivity index is 2.01. The van der Waals surface area contributed by atoms with Gasteiger partial charge in [-0.15, -0.1) is 0 Å². The molecule has 1 aromatic carbocycles. The van der Waals surface area contributed by atoms with Crippen molar-refractivity contribution in [3.05, 3.63) is 35.9 Å². The Hall–Kier alpha value is -1.35. The molecule has 3 heteroatoms. The van der Waals surface area contributed by atoms with Gasteiger partial charge in [0.2, 0.25) is 5.91 Å². The second-order valence-corrected chi connectivity index (χ2v) is 4.46. The number of rotatable bonds is 4. The van der Waals surface area contributed by atoms with Crippen LogP contribution >= 0.6 is 0 Å². The maximum absolute atomic E-state index is 11.8. The molecule has 2 rings (SSSR count). The summed E-state index contributed by atoms with van der Waals surface area (Å²) in [6.45, 7) is 2.74. The molecule has 1 amide bonds. The second-order valence-electron chi connectivity index (χ2n) is 4.46. The zero-order valence-corrected chi connectivity index (χ0v) is 9.57. The zero-order valence-electron chi connectivity index (χ0n) is 9.57. The minimum atomic E-state index is -0.670. The smallest absolute Gasteiger partial charge is 0.240 e. The first-order valence-corrected chi connectivity index (χ1v) is 5.80. The highest BCUT2D eigenvalue weighted by atomic mass is 16.2. The van der Waals surface area contributed by atoms with Crippen molar-refractivity contribution >= 4 is 5.91 Å². The van der Waals surface area contributed by atoms with E-state index in [9.17, 15) is 4.79 Å². The van der Waals surface area contributed by atoms with Crippen LogP contribution in [0.25, 0.3) is 0 Å². The van der Waals surface area contributed by atoms with Gasteiger partial charge in [-0.05, 0) is 18.4 Å². The van der Waals surface area contributed by atoms with E-state index >= 15 is 0 Å². The number of carbonyl (C=O) groups excluding carboxylic acids is 1. The van der Waals surface area contributed by atoms with Gasteiger partial charge in [0.05, 0.1) is 0 Å². The number of hydrogen-bond acceptors (Lipinski definition) is 2. The molecule has 1 saturated carbocycles. The molecular formula is C13H18N2O. The molecule has 3 nitrogen and oxygen atoms in total. The summed E-state index contributed by atoms with van der Waals surface area (Å²) in [6, 6.07) is 10.0. The van der Waals surface area contributed by atoms with Gasteiger partial charge in [0, 0.05) is 12.5 Å². The Bertz CT molecular complexity index is 377. The van der Waals surface area contributed by atoms with E-state index in [-0.39, 0.29) is 11.8 Å². The normalized spacial score (nSPS) is 27.5. The minimum Gasteiger partial charge on any atom is -0.354 e. The van der Waals surface area contributed by atoms with Crippen molar-refractivity contribution in [3.8, 4) is 0 Å². The summed E-state index contributed by atoms with van der Waals surface area (Å²) in [5.41, 5.74) is 6.59. The van der Waals surface area contributed by atoms with Gasteiger partial charge in [0.1, 0.15) is 5.54 Å². The van der Waals surface area contributed by atoms with Gasteiger partial charge in [-0.3, -0.25) is 4.79 Å². The fourth-order valence-electron chi connectivity index (χ4n) is 2.03. The molecule has 86 valence electrons. The Morgan fingerprint density at radius 1 is 1.50 bits per heavy atom. The average Bonchev–Trinajstić information content (AvgIpc) is 3.01. The molecule has 0 saturated heterocycles. The van der Waals surface area contributed by atoms with E-state index in [1.54, 1.807) is 0 Å². The molecule has 0 radical (unpaired) electrons. The van der Waals surface area contributed by atoms with Crippen molar-refractivity contribution < 1.29 is 4.79 Å². The number of nitrogens with one attached hydrogen (secondary N) is 1. The summed E-state index contributed by atoms with van der Waals surface area (Å²) in [7, 11) is 0. The standard InChI is InChI=1S/C13H18N2O/c1-2-8-15-12(16)13(14)9-11(13)10-6-4-3-5-7-10/h3-7,11H,2,8-9,14H2,1H3,(H,15,16). The molecule has 0 bridgehead atoms. The van der Waals surface area contributed by atoms with E-state index < -0.39 is 5.54 Å². The maximum Gasteiger partial charge on any atom is 0.240 e. The van der Waals surface area contributed by atoms with Crippen molar-refractivity contribution in [2.45, 2.75) is 31.2 Å². The van der Waals surface area contributed by atoms with Crippen LogP contribution in [-0.4, -0.2) is 18.0 Å². The molecule has 2 atom stereocenters. The Labute approximate surface area is 96.0 Å². The fourth-order valence-corrected chi connectivity index (χ4v) is 2.03. The van der Waals surface area contributed by atoms with Gasteiger partial charge in [-0.25, -0.2) is 0 Å². The highest BCUT2D eigenvalue weighted by Gasteiger charge is 2.57. The molecule has 0 spiro atoms. The molecule has 16 heavy (non-hydrogen) atoms. The van der Waals surface area contributed by atoms with Crippen molar-refractivity contribution in [1.29, 1.82) is 0 Å². The summed E-state index contributed by atoms with van der Waals surface area (Å²) in [6.07, 6.45) is 1.70. The van der Waals surface area contributed by atoms with Crippen molar-refractivity contribution in [3.63, 3.8) is 0 Å². The van der Waals surface area contributed by atoms with Crippen LogP contribution in [0.4, 0.5) is 0 Å². The van der Waals surface area contributed by atoms with Crippen LogP contribution in [0.15, 0.2) is 30.3 Å². The third kappa shape index (κ3) is 1.95. The average molecular weight is 218 g/mol. The van der Waals surface area contributed by atoms with Crippen LogP contribution in [0.2, 0.25) is 0 Å². The Morgan fingerprint density at radius 3 is 2.81 bits per heavy atom. The molecule has 0 heterocycles. The lowest BCUT2D eigenvalue weighted by molar-refractivity contribution is -0.123. The number of hydrogen-bond donors (Lipinski definition) is 2. The summed E-state index contributed by atoms with van der Waals surface area (Å²) >= 11 is 0. The van der Waals surface area contributed by atoms with Gasteiger partial charge in [-0.1, -0.05) is 37.3 Å². The Morgan fingerprint density at radius 2 is 2.19 bits per heavy atom. The topological polar surface area (TPSA) is 55.1 Å². The first-order valence-electron chi connectivity index (χ1n) is 5.80. The van der Waals surface area contributed by atoms with E-state index in [0.29, 0.717) is 6.54 Å². The molecule has 3 N–H and O–H groups in total. The van der Waals surface area contributed by atoms with Crippen molar-refractivity contribution in [1.82, 2.24) is 5.32 Å². The lowest BCUT2D eigenvalue weighted by Crippen LogP contribution is -2.44. The third-order valence-corrected chi connectivity index (χ3v) is 3.16. The van der Waals surface area contributed by atoms with Crippen LogP contribution in [0.3, 0.4) is 0 Å². The monoisotopic (exact) mass is 218 g/mol. The number of nitrogens with two attached hydrogens (primary N) is 1. The first kappa shape index (κ1) is 11.1. The largest absolute Gasteiger partial charge is 0.354 e.